The molecule has 0 saturated carbocycles. The lowest BCUT2D eigenvalue weighted by molar-refractivity contribution is 0.416. The normalized spacial score (nSPS) is 11.0. The van der Waals surface area contributed by atoms with Gasteiger partial charge in [-0.05, 0) is 67.4 Å². The molecule has 2 heterocycles. The van der Waals surface area contributed by atoms with Crippen LogP contribution in [0.15, 0.2) is 48.3 Å². The summed E-state index contributed by atoms with van der Waals surface area (Å²) < 4.78 is 5.62. The van der Waals surface area contributed by atoms with Crippen LogP contribution in [0, 0.1) is 30.6 Å². The lowest BCUT2D eigenvalue weighted by Gasteiger charge is -2.16. The predicted octanol–water partition coefficient (Wildman–Crippen LogP) is 5.07. The van der Waals surface area contributed by atoms with Crippen molar-refractivity contribution in [2.75, 3.05) is 17.7 Å². The third-order valence-corrected chi connectivity index (χ3v) is 4.94. The first-order chi connectivity index (χ1) is 16.0. The van der Waals surface area contributed by atoms with Gasteiger partial charge in [0.1, 0.15) is 11.3 Å². The van der Waals surface area contributed by atoms with E-state index in [1.54, 1.807) is 20.4 Å². The number of nitrogens with one attached hydrogen (secondary N) is 3. The standard InChI is InChI=1S/C25H21N7O/c1-5-17-6-8-19(9-7-17)29-25-31-23-22(27-14-28-23)24(32-25)30-21-16(3)11-18(10-15(2)13-26)12-20(21)33-4/h1,6-12,14H,2-4H3,(H3,27,28,29,30,31,32)/b15-10+. The van der Waals surface area contributed by atoms with Crippen LogP contribution >= 0.6 is 0 Å². The van der Waals surface area contributed by atoms with Gasteiger partial charge in [-0.25, -0.2) is 4.98 Å². The number of aromatic amines is 1. The quantitative estimate of drug-likeness (QED) is 0.286. The first kappa shape index (κ1) is 21.4. The zero-order chi connectivity index (χ0) is 23.4. The summed E-state index contributed by atoms with van der Waals surface area (Å²) in [6.45, 7) is 3.72. The Morgan fingerprint density at radius 3 is 2.67 bits per heavy atom. The van der Waals surface area contributed by atoms with Crippen LogP contribution in [0.25, 0.3) is 17.2 Å². The summed E-state index contributed by atoms with van der Waals surface area (Å²) in [4.78, 5) is 16.5. The monoisotopic (exact) mass is 435 g/mol. The van der Waals surface area contributed by atoms with Crippen LogP contribution in [0.1, 0.15) is 23.6 Å². The van der Waals surface area contributed by atoms with Gasteiger partial charge >= 0.3 is 0 Å². The number of H-pyrrole nitrogens is 1. The summed E-state index contributed by atoms with van der Waals surface area (Å²) in [7, 11) is 1.60. The number of methoxy groups -OCH3 is 1. The molecule has 0 aliphatic carbocycles. The average molecular weight is 435 g/mol. The molecular formula is C25H21N7O. The molecular weight excluding hydrogens is 414 g/mol. The molecule has 0 saturated heterocycles. The lowest BCUT2D eigenvalue weighted by Crippen LogP contribution is -2.04. The summed E-state index contributed by atoms with van der Waals surface area (Å²) in [5, 5.41) is 15.6. The topological polar surface area (TPSA) is 112 Å². The number of ether oxygens (including phenoxy) is 1. The highest BCUT2D eigenvalue weighted by Gasteiger charge is 2.15. The number of rotatable bonds is 6. The first-order valence-corrected chi connectivity index (χ1v) is 10.1. The predicted molar refractivity (Wildman–Crippen MR) is 130 cm³/mol. The van der Waals surface area contributed by atoms with Crippen molar-refractivity contribution in [3.63, 3.8) is 0 Å². The van der Waals surface area contributed by atoms with Crippen LogP contribution in [-0.2, 0) is 0 Å². The van der Waals surface area contributed by atoms with E-state index in [0.717, 1.165) is 28.1 Å². The fraction of sp³-hybridized carbons (Fsp3) is 0.120. The molecule has 33 heavy (non-hydrogen) atoms. The van der Waals surface area contributed by atoms with Gasteiger partial charge in [0.2, 0.25) is 5.95 Å². The third kappa shape index (κ3) is 4.60. The highest BCUT2D eigenvalue weighted by atomic mass is 16.5. The maximum atomic E-state index is 9.08. The van der Waals surface area contributed by atoms with Crippen LogP contribution in [0.5, 0.6) is 5.75 Å². The highest BCUT2D eigenvalue weighted by Crippen LogP contribution is 2.34. The third-order valence-electron chi connectivity index (χ3n) is 4.94. The molecule has 2 aromatic heterocycles. The van der Waals surface area contributed by atoms with E-state index in [0.29, 0.717) is 34.3 Å². The van der Waals surface area contributed by atoms with Crippen molar-refractivity contribution < 1.29 is 4.74 Å². The molecule has 0 spiro atoms. The summed E-state index contributed by atoms with van der Waals surface area (Å²) >= 11 is 0. The molecule has 8 nitrogen and oxygen atoms in total. The Labute approximate surface area is 191 Å². The molecule has 8 heteroatoms. The van der Waals surface area contributed by atoms with E-state index in [4.69, 9.17) is 16.4 Å². The number of imidazole rings is 1. The number of anilines is 4. The number of nitriles is 1. The molecule has 0 aliphatic rings. The number of nitrogens with zero attached hydrogens (tertiary/aromatic N) is 4. The Morgan fingerprint density at radius 1 is 1.18 bits per heavy atom. The molecule has 0 aliphatic heterocycles. The minimum atomic E-state index is 0.381. The van der Waals surface area contributed by atoms with Crippen molar-refractivity contribution in [1.29, 1.82) is 5.26 Å². The number of aryl methyl sites for hydroxylation is 1. The van der Waals surface area contributed by atoms with Gasteiger partial charge in [-0.3, -0.25) is 0 Å². The van der Waals surface area contributed by atoms with Crippen LogP contribution in [0.4, 0.5) is 23.1 Å². The Hall–Kier alpha value is -4.82. The van der Waals surface area contributed by atoms with Crippen molar-refractivity contribution in [2.24, 2.45) is 0 Å². The fourth-order valence-electron chi connectivity index (χ4n) is 3.35. The molecule has 4 rings (SSSR count). The van der Waals surface area contributed by atoms with Gasteiger partial charge in [0.15, 0.2) is 11.5 Å². The van der Waals surface area contributed by atoms with Crippen molar-refractivity contribution in [1.82, 2.24) is 19.9 Å². The highest BCUT2D eigenvalue weighted by molar-refractivity contribution is 5.88. The number of benzene rings is 2. The molecule has 0 radical (unpaired) electrons. The second-order valence-corrected chi connectivity index (χ2v) is 7.32. The fourth-order valence-corrected chi connectivity index (χ4v) is 3.35. The van der Waals surface area contributed by atoms with Crippen LogP contribution in [-0.4, -0.2) is 27.0 Å². The van der Waals surface area contributed by atoms with Gasteiger partial charge in [0.25, 0.3) is 0 Å². The number of fused-ring (bicyclic) bond motifs is 1. The van der Waals surface area contributed by atoms with Gasteiger partial charge < -0.3 is 20.4 Å². The minimum Gasteiger partial charge on any atom is -0.495 e. The molecule has 0 unspecified atom stereocenters. The number of hydrogen-bond donors (Lipinski definition) is 3. The maximum absolute atomic E-state index is 9.08. The van der Waals surface area contributed by atoms with Crippen LogP contribution in [0.3, 0.4) is 0 Å². The summed E-state index contributed by atoms with van der Waals surface area (Å²) in [5.41, 5.74) is 5.93. The Balaban J connectivity index is 1.72. The molecule has 0 atom stereocenters. The summed E-state index contributed by atoms with van der Waals surface area (Å²) in [6, 6.07) is 13.4. The molecule has 2 aromatic carbocycles. The van der Waals surface area contributed by atoms with Crippen molar-refractivity contribution >= 4 is 40.4 Å². The zero-order valence-corrected chi connectivity index (χ0v) is 18.4. The van der Waals surface area contributed by atoms with E-state index in [1.165, 1.54) is 0 Å². The first-order valence-electron chi connectivity index (χ1n) is 10.1. The van der Waals surface area contributed by atoms with Crippen molar-refractivity contribution in [2.45, 2.75) is 13.8 Å². The van der Waals surface area contributed by atoms with E-state index in [2.05, 4.69) is 42.6 Å². The SMILES string of the molecule is C#Cc1ccc(Nc2nc(Nc3c(C)cc(/C=C(\C)C#N)cc3OC)c3[nH]cnc3n2)cc1. The van der Waals surface area contributed by atoms with E-state index in [1.807, 2.05) is 49.4 Å². The lowest BCUT2D eigenvalue weighted by atomic mass is 10.1. The number of hydrogen-bond acceptors (Lipinski definition) is 7. The number of aromatic nitrogens is 4. The summed E-state index contributed by atoms with van der Waals surface area (Å²) in [5.74, 6) is 4.14. The Kier molecular flexibility index (Phi) is 5.92. The molecule has 3 N–H and O–H groups in total. The van der Waals surface area contributed by atoms with Gasteiger partial charge in [-0.15, -0.1) is 6.42 Å². The molecule has 4 aromatic rings. The minimum absolute atomic E-state index is 0.381. The van der Waals surface area contributed by atoms with E-state index in [9.17, 15) is 0 Å². The van der Waals surface area contributed by atoms with Gasteiger partial charge in [-0.1, -0.05) is 5.92 Å². The van der Waals surface area contributed by atoms with Crippen LogP contribution in [0.2, 0.25) is 0 Å². The van der Waals surface area contributed by atoms with E-state index in [-0.39, 0.29) is 0 Å². The second-order valence-electron chi connectivity index (χ2n) is 7.32. The second kappa shape index (κ2) is 9.13. The Morgan fingerprint density at radius 2 is 1.97 bits per heavy atom. The zero-order valence-electron chi connectivity index (χ0n) is 18.4. The largest absolute Gasteiger partial charge is 0.495 e. The van der Waals surface area contributed by atoms with Crippen molar-refractivity contribution in [3.8, 4) is 24.2 Å². The van der Waals surface area contributed by atoms with Gasteiger partial charge in [0.05, 0.1) is 25.2 Å². The van der Waals surface area contributed by atoms with Gasteiger partial charge in [0, 0.05) is 16.8 Å². The van der Waals surface area contributed by atoms with E-state index >= 15 is 0 Å². The average Bonchev–Trinajstić information content (AvgIpc) is 3.30. The molecule has 0 bridgehead atoms. The van der Waals surface area contributed by atoms with E-state index < -0.39 is 0 Å². The summed E-state index contributed by atoms with van der Waals surface area (Å²) in [6.07, 6.45) is 8.81. The Bertz CT molecular complexity index is 1440. The van der Waals surface area contributed by atoms with Crippen molar-refractivity contribution in [3.05, 3.63) is 65.0 Å². The number of terminal acetylenes is 1. The smallest absolute Gasteiger partial charge is 0.231 e. The molecule has 162 valence electrons. The molecule has 0 fully saturated rings. The van der Waals surface area contributed by atoms with Gasteiger partial charge in [-0.2, -0.15) is 15.2 Å². The maximum Gasteiger partial charge on any atom is 0.231 e. The van der Waals surface area contributed by atoms with Crippen LogP contribution < -0.4 is 15.4 Å². The number of allylic oxidation sites excluding steroid dienone is 1. The molecule has 0 amide bonds.